The van der Waals surface area contributed by atoms with Crippen LogP contribution in [0.2, 0.25) is 0 Å². The lowest BCUT2D eigenvalue weighted by Gasteiger charge is -2.21. The molecule has 0 radical (unpaired) electrons. The fourth-order valence-corrected chi connectivity index (χ4v) is 4.90. The molecular formula is C21H21FN2O3S2. The Labute approximate surface area is 173 Å². The molecule has 0 aliphatic heterocycles. The summed E-state index contributed by atoms with van der Waals surface area (Å²) >= 11 is 1.49. The van der Waals surface area contributed by atoms with Crippen molar-refractivity contribution in [2.75, 3.05) is 0 Å². The first-order valence-electron chi connectivity index (χ1n) is 8.95. The van der Waals surface area contributed by atoms with Crippen molar-refractivity contribution in [1.82, 2.24) is 10.0 Å². The van der Waals surface area contributed by atoms with Crippen LogP contribution >= 0.6 is 11.3 Å². The third kappa shape index (κ3) is 5.09. The van der Waals surface area contributed by atoms with E-state index in [1.54, 1.807) is 0 Å². The molecule has 0 bridgehead atoms. The molecule has 0 spiro atoms. The van der Waals surface area contributed by atoms with Crippen LogP contribution in [0.5, 0.6) is 0 Å². The van der Waals surface area contributed by atoms with Crippen LogP contribution in [0.3, 0.4) is 0 Å². The SMILES string of the molecule is Cc1ccc(C(NC(=O)C(C)NS(=O)(=O)c2ccccc2F)c2cccs2)cc1. The molecule has 3 rings (SSSR count). The molecule has 0 aliphatic rings. The number of sulfonamides is 1. The van der Waals surface area contributed by atoms with Gasteiger partial charge in [-0.1, -0.05) is 48.0 Å². The van der Waals surface area contributed by atoms with Crippen molar-refractivity contribution in [3.05, 3.63) is 87.9 Å². The number of hydrogen-bond donors (Lipinski definition) is 2. The van der Waals surface area contributed by atoms with Gasteiger partial charge in [0.05, 0.1) is 12.1 Å². The second-order valence-corrected chi connectivity index (χ2v) is 9.30. The Bertz CT molecular complexity index is 1080. The van der Waals surface area contributed by atoms with Gasteiger partial charge in [0, 0.05) is 4.88 Å². The highest BCUT2D eigenvalue weighted by Gasteiger charge is 2.27. The maximum Gasteiger partial charge on any atom is 0.244 e. The number of carbonyl (C=O) groups excluding carboxylic acids is 1. The van der Waals surface area contributed by atoms with Gasteiger partial charge in [-0.2, -0.15) is 4.72 Å². The van der Waals surface area contributed by atoms with Crippen molar-refractivity contribution in [2.24, 2.45) is 0 Å². The third-order valence-corrected chi connectivity index (χ3v) is 6.89. The summed E-state index contributed by atoms with van der Waals surface area (Å²) in [5.41, 5.74) is 1.98. The summed E-state index contributed by atoms with van der Waals surface area (Å²) < 4.78 is 41.0. The monoisotopic (exact) mass is 432 g/mol. The molecule has 0 fully saturated rings. The molecular weight excluding hydrogens is 411 g/mol. The number of halogens is 1. The van der Waals surface area contributed by atoms with Crippen molar-refractivity contribution >= 4 is 27.3 Å². The standard InChI is InChI=1S/C21H21FN2O3S2/c1-14-9-11-16(12-10-14)20(18-7-5-13-28-18)23-21(25)15(2)24-29(26,27)19-8-4-3-6-17(19)22/h3-13,15,20,24H,1-2H3,(H,23,25). The minimum Gasteiger partial charge on any atom is -0.343 e. The normalized spacial score (nSPS) is 13.6. The fraction of sp³-hybridized carbons (Fsp3) is 0.190. The van der Waals surface area contributed by atoms with E-state index in [-0.39, 0.29) is 0 Å². The predicted octanol–water partition coefficient (Wildman–Crippen LogP) is 3.77. The molecule has 1 amide bonds. The molecule has 0 aliphatic carbocycles. The Kier molecular flexibility index (Phi) is 6.46. The van der Waals surface area contributed by atoms with Gasteiger partial charge in [0.1, 0.15) is 10.7 Å². The van der Waals surface area contributed by atoms with Crippen LogP contribution in [0.4, 0.5) is 4.39 Å². The van der Waals surface area contributed by atoms with E-state index >= 15 is 0 Å². The van der Waals surface area contributed by atoms with E-state index in [0.29, 0.717) is 0 Å². The number of benzene rings is 2. The number of rotatable bonds is 7. The van der Waals surface area contributed by atoms with E-state index in [2.05, 4.69) is 10.0 Å². The van der Waals surface area contributed by atoms with Gasteiger partial charge in [0.15, 0.2) is 0 Å². The van der Waals surface area contributed by atoms with Crippen LogP contribution in [0.1, 0.15) is 29.0 Å². The molecule has 2 atom stereocenters. The maximum atomic E-state index is 13.9. The first kappa shape index (κ1) is 21.2. The first-order valence-corrected chi connectivity index (χ1v) is 11.3. The Morgan fingerprint density at radius 1 is 1.03 bits per heavy atom. The van der Waals surface area contributed by atoms with Crippen molar-refractivity contribution in [1.29, 1.82) is 0 Å². The summed E-state index contributed by atoms with van der Waals surface area (Å²) in [6.45, 7) is 3.40. The van der Waals surface area contributed by atoms with Crippen LogP contribution in [0.25, 0.3) is 0 Å². The van der Waals surface area contributed by atoms with Crippen LogP contribution in [-0.2, 0) is 14.8 Å². The van der Waals surface area contributed by atoms with Gasteiger partial charge in [-0.25, -0.2) is 12.8 Å². The highest BCUT2D eigenvalue weighted by molar-refractivity contribution is 7.89. The van der Waals surface area contributed by atoms with Gasteiger partial charge < -0.3 is 5.32 Å². The van der Waals surface area contributed by atoms with Gasteiger partial charge in [0.2, 0.25) is 15.9 Å². The number of amides is 1. The molecule has 3 aromatic rings. The zero-order chi connectivity index (χ0) is 21.0. The molecule has 1 heterocycles. The van der Waals surface area contributed by atoms with Crippen molar-refractivity contribution in [2.45, 2.75) is 30.8 Å². The summed E-state index contributed by atoms with van der Waals surface area (Å²) in [6.07, 6.45) is 0. The second kappa shape index (κ2) is 8.86. The molecule has 0 saturated carbocycles. The summed E-state index contributed by atoms with van der Waals surface area (Å²) in [4.78, 5) is 13.2. The van der Waals surface area contributed by atoms with Gasteiger partial charge in [-0.15, -0.1) is 11.3 Å². The van der Waals surface area contributed by atoms with E-state index < -0.39 is 38.7 Å². The van der Waals surface area contributed by atoms with E-state index in [1.165, 1.54) is 30.4 Å². The number of aryl methyl sites for hydroxylation is 1. The van der Waals surface area contributed by atoms with E-state index in [9.17, 15) is 17.6 Å². The Balaban J connectivity index is 1.79. The number of thiophene rings is 1. The van der Waals surface area contributed by atoms with Gasteiger partial charge >= 0.3 is 0 Å². The van der Waals surface area contributed by atoms with Crippen LogP contribution in [0, 0.1) is 12.7 Å². The molecule has 2 unspecified atom stereocenters. The van der Waals surface area contributed by atoms with Gasteiger partial charge in [0.25, 0.3) is 0 Å². The Morgan fingerprint density at radius 2 is 1.72 bits per heavy atom. The maximum absolute atomic E-state index is 13.9. The van der Waals surface area contributed by atoms with Crippen LogP contribution < -0.4 is 10.0 Å². The molecule has 2 aromatic carbocycles. The van der Waals surface area contributed by atoms with Gasteiger partial charge in [-0.05, 0) is 43.0 Å². The van der Waals surface area contributed by atoms with Crippen LogP contribution in [0.15, 0.2) is 70.9 Å². The van der Waals surface area contributed by atoms with Crippen molar-refractivity contribution < 1.29 is 17.6 Å². The highest BCUT2D eigenvalue weighted by atomic mass is 32.2. The zero-order valence-corrected chi connectivity index (χ0v) is 17.6. The zero-order valence-electron chi connectivity index (χ0n) is 15.9. The average Bonchev–Trinajstić information content (AvgIpc) is 3.21. The Hall–Kier alpha value is -2.55. The molecule has 0 saturated heterocycles. The van der Waals surface area contributed by atoms with E-state index in [4.69, 9.17) is 0 Å². The summed E-state index contributed by atoms with van der Waals surface area (Å²) in [5, 5.41) is 4.80. The number of nitrogens with one attached hydrogen (secondary N) is 2. The van der Waals surface area contributed by atoms with Crippen LogP contribution in [-0.4, -0.2) is 20.4 Å². The quantitative estimate of drug-likeness (QED) is 0.597. The smallest absolute Gasteiger partial charge is 0.244 e. The number of hydrogen-bond acceptors (Lipinski definition) is 4. The Morgan fingerprint density at radius 3 is 2.34 bits per heavy atom. The summed E-state index contributed by atoms with van der Waals surface area (Å²) in [5.74, 6) is -1.38. The van der Waals surface area contributed by atoms with Crippen molar-refractivity contribution in [3.8, 4) is 0 Å². The lowest BCUT2D eigenvalue weighted by Crippen LogP contribution is -2.46. The molecule has 5 nitrogen and oxygen atoms in total. The van der Waals surface area contributed by atoms with Gasteiger partial charge in [-0.3, -0.25) is 4.79 Å². The number of carbonyl (C=O) groups is 1. The van der Waals surface area contributed by atoms with E-state index in [0.717, 1.165) is 28.1 Å². The topological polar surface area (TPSA) is 75.3 Å². The molecule has 2 N–H and O–H groups in total. The molecule has 8 heteroatoms. The fourth-order valence-electron chi connectivity index (χ4n) is 2.81. The summed E-state index contributed by atoms with van der Waals surface area (Å²) in [7, 11) is -4.18. The largest absolute Gasteiger partial charge is 0.343 e. The average molecular weight is 433 g/mol. The molecule has 1 aromatic heterocycles. The lowest BCUT2D eigenvalue weighted by atomic mass is 10.0. The molecule has 152 valence electrons. The minimum atomic E-state index is -4.18. The minimum absolute atomic E-state index is 0.413. The second-order valence-electron chi connectivity index (χ2n) is 6.64. The lowest BCUT2D eigenvalue weighted by molar-refractivity contribution is -0.122. The first-order chi connectivity index (χ1) is 13.8. The van der Waals surface area contributed by atoms with E-state index in [1.807, 2.05) is 48.7 Å². The predicted molar refractivity (Wildman–Crippen MR) is 112 cm³/mol. The summed E-state index contributed by atoms with van der Waals surface area (Å²) in [6, 6.07) is 15.1. The molecule has 29 heavy (non-hydrogen) atoms. The van der Waals surface area contributed by atoms with Crippen molar-refractivity contribution in [3.63, 3.8) is 0 Å². The highest BCUT2D eigenvalue weighted by Crippen LogP contribution is 2.26. The third-order valence-electron chi connectivity index (χ3n) is 4.38.